The summed E-state index contributed by atoms with van der Waals surface area (Å²) in [7, 11) is 0. The van der Waals surface area contributed by atoms with Crippen molar-refractivity contribution in [3.63, 3.8) is 0 Å². The first-order chi connectivity index (χ1) is 23.9. The number of carbonyl (C=O) groups is 2. The van der Waals surface area contributed by atoms with Gasteiger partial charge in [-0.1, -0.05) is 32.0 Å². The number of fused-ring (bicyclic) bond motifs is 2. The lowest BCUT2D eigenvalue weighted by Gasteiger charge is -2.27. The van der Waals surface area contributed by atoms with E-state index in [-0.39, 0.29) is 49.9 Å². The standard InChI is InChI=1S/C35H35F4N7O4.ClH/c1-3-19-6-5-7-20(4-2)31(19)46-32(24-17-45(13-11-27(24)44-46)34-42-15-22(16-43-34)35(37,38)39)29-23-10-12-41-30(23)21(14-25(29)36)18-50-28(47)9-8-26(40)33(48)49;/h5-7,10,12,14-16,26,41H,3-4,8-9,11,13,17-18,40H2,1-2H3,(H,48,49);1H/t26-;/m0./s1. The lowest BCUT2D eigenvalue weighted by molar-refractivity contribution is -0.145. The van der Waals surface area contributed by atoms with E-state index in [1.807, 2.05) is 32.0 Å². The Morgan fingerprint density at radius 2 is 1.78 bits per heavy atom. The third kappa shape index (κ3) is 7.40. The van der Waals surface area contributed by atoms with Crippen LogP contribution < -0.4 is 10.6 Å². The summed E-state index contributed by atoms with van der Waals surface area (Å²) < 4.78 is 63.6. The molecule has 0 spiro atoms. The SMILES string of the molecule is CCc1cccc(CC)c1-n1nc2c(c1-c1c(F)cc(COC(=O)CC[C@H](N)C(=O)O)c3[nH]ccc13)CN(c1ncc(C(F)(F)F)cn1)CC2.Cl. The van der Waals surface area contributed by atoms with Crippen LogP contribution in [0.25, 0.3) is 27.8 Å². The summed E-state index contributed by atoms with van der Waals surface area (Å²) in [5, 5.41) is 14.5. The van der Waals surface area contributed by atoms with Gasteiger partial charge in [0.05, 0.1) is 28.2 Å². The summed E-state index contributed by atoms with van der Waals surface area (Å²) in [4.78, 5) is 36.3. The van der Waals surface area contributed by atoms with Crippen molar-refractivity contribution < 1.29 is 37.0 Å². The molecule has 1 atom stereocenters. The Morgan fingerprint density at radius 1 is 1.10 bits per heavy atom. The number of halogens is 5. The van der Waals surface area contributed by atoms with Gasteiger partial charge in [0.2, 0.25) is 5.95 Å². The molecular formula is C35H36ClF4N7O4. The zero-order valence-electron chi connectivity index (χ0n) is 27.8. The quantitative estimate of drug-likeness (QED) is 0.105. The van der Waals surface area contributed by atoms with E-state index < -0.39 is 35.5 Å². The Kier molecular flexibility index (Phi) is 11.0. The van der Waals surface area contributed by atoms with Gasteiger partial charge in [-0.3, -0.25) is 9.59 Å². The number of carboxylic acids is 1. The number of nitrogens with zero attached hydrogens (tertiary/aromatic N) is 5. The molecule has 0 unspecified atom stereocenters. The predicted octanol–water partition coefficient (Wildman–Crippen LogP) is 6.31. The first kappa shape index (κ1) is 37.2. The molecule has 0 aliphatic carbocycles. The van der Waals surface area contributed by atoms with Crippen molar-refractivity contribution in [1.29, 1.82) is 0 Å². The van der Waals surface area contributed by atoms with Crippen LogP contribution in [0.1, 0.15) is 60.2 Å². The fourth-order valence-electron chi connectivity index (χ4n) is 6.33. The minimum Gasteiger partial charge on any atom is -0.480 e. The first-order valence-corrected chi connectivity index (χ1v) is 16.2. The summed E-state index contributed by atoms with van der Waals surface area (Å²) in [5.41, 5.74) is 10.4. The van der Waals surface area contributed by atoms with E-state index in [1.54, 1.807) is 21.8 Å². The number of rotatable bonds is 11. The molecule has 1 aliphatic heterocycles. The molecule has 11 nitrogen and oxygen atoms in total. The minimum absolute atomic E-state index is 0. The number of esters is 1. The van der Waals surface area contributed by atoms with Crippen LogP contribution >= 0.6 is 12.4 Å². The zero-order chi connectivity index (χ0) is 35.7. The van der Waals surface area contributed by atoms with Gasteiger partial charge >= 0.3 is 18.1 Å². The summed E-state index contributed by atoms with van der Waals surface area (Å²) in [6.07, 6.45) is 0.0222. The highest BCUT2D eigenvalue weighted by atomic mass is 35.5. The van der Waals surface area contributed by atoms with E-state index in [0.29, 0.717) is 53.5 Å². The van der Waals surface area contributed by atoms with E-state index in [1.165, 1.54) is 6.07 Å². The van der Waals surface area contributed by atoms with Crippen LogP contribution in [0.3, 0.4) is 0 Å². The monoisotopic (exact) mass is 729 g/mol. The van der Waals surface area contributed by atoms with Crippen LogP contribution in [0.4, 0.5) is 23.5 Å². The number of anilines is 1. The number of para-hydroxylation sites is 1. The molecule has 6 rings (SSSR count). The zero-order valence-corrected chi connectivity index (χ0v) is 28.6. The van der Waals surface area contributed by atoms with Crippen molar-refractivity contribution in [3.05, 3.63) is 88.3 Å². The molecule has 2 aromatic carbocycles. The van der Waals surface area contributed by atoms with E-state index in [4.69, 9.17) is 20.7 Å². The van der Waals surface area contributed by atoms with Crippen molar-refractivity contribution in [2.75, 3.05) is 11.4 Å². The molecule has 3 aromatic heterocycles. The Labute approximate surface area is 296 Å². The van der Waals surface area contributed by atoms with Crippen LogP contribution in [-0.4, -0.2) is 54.4 Å². The predicted molar refractivity (Wildman–Crippen MR) is 183 cm³/mol. The maximum Gasteiger partial charge on any atom is 0.419 e. The average molecular weight is 730 g/mol. The molecule has 16 heteroatoms. The summed E-state index contributed by atoms with van der Waals surface area (Å²) >= 11 is 0. The fraction of sp³-hybridized carbons (Fsp3) is 0.343. The van der Waals surface area contributed by atoms with Crippen molar-refractivity contribution in [2.45, 2.75) is 71.3 Å². The molecule has 4 heterocycles. The number of hydrogen-bond acceptors (Lipinski definition) is 8. The number of alkyl halides is 3. The Bertz CT molecular complexity index is 2040. The second-order valence-electron chi connectivity index (χ2n) is 12.1. The van der Waals surface area contributed by atoms with Gasteiger partial charge in [0.1, 0.15) is 18.5 Å². The van der Waals surface area contributed by atoms with Crippen molar-refractivity contribution >= 4 is 41.2 Å². The highest BCUT2D eigenvalue weighted by molar-refractivity contribution is 5.98. The van der Waals surface area contributed by atoms with Gasteiger partial charge in [0.15, 0.2) is 0 Å². The molecular weight excluding hydrogens is 694 g/mol. The third-order valence-electron chi connectivity index (χ3n) is 8.94. The number of carbonyl (C=O) groups excluding carboxylic acids is 1. The number of aliphatic carboxylic acids is 1. The largest absolute Gasteiger partial charge is 0.480 e. The number of aromatic nitrogens is 5. The number of hydrogen-bond donors (Lipinski definition) is 3. The number of carboxylic acid groups (broad SMARTS) is 1. The molecule has 0 bridgehead atoms. The normalized spacial score (nSPS) is 13.5. The van der Waals surface area contributed by atoms with Gasteiger partial charge in [-0.05, 0) is 42.5 Å². The molecule has 4 N–H and O–H groups in total. The van der Waals surface area contributed by atoms with Gasteiger partial charge in [-0.2, -0.15) is 18.3 Å². The maximum absolute atomic E-state index is 16.7. The van der Waals surface area contributed by atoms with Crippen LogP contribution in [0.5, 0.6) is 0 Å². The molecule has 1 aliphatic rings. The highest BCUT2D eigenvalue weighted by Crippen LogP contribution is 2.41. The summed E-state index contributed by atoms with van der Waals surface area (Å²) in [6, 6.07) is 7.79. The van der Waals surface area contributed by atoms with Crippen LogP contribution in [-0.2, 0) is 52.9 Å². The van der Waals surface area contributed by atoms with Crippen molar-refractivity contribution in [2.24, 2.45) is 5.73 Å². The van der Waals surface area contributed by atoms with Gasteiger partial charge in [-0.15, -0.1) is 12.4 Å². The third-order valence-corrected chi connectivity index (χ3v) is 8.94. The van der Waals surface area contributed by atoms with Crippen LogP contribution in [0, 0.1) is 5.82 Å². The Balaban J connectivity index is 0.00000504. The van der Waals surface area contributed by atoms with Gasteiger partial charge in [-0.25, -0.2) is 19.0 Å². The number of aromatic amines is 1. The lowest BCUT2D eigenvalue weighted by Crippen LogP contribution is -2.31. The first-order valence-electron chi connectivity index (χ1n) is 16.2. The molecule has 0 radical (unpaired) electrons. The van der Waals surface area contributed by atoms with E-state index in [0.717, 1.165) is 34.9 Å². The van der Waals surface area contributed by atoms with Crippen molar-refractivity contribution in [3.8, 4) is 16.9 Å². The van der Waals surface area contributed by atoms with Crippen LogP contribution in [0.15, 0.2) is 48.9 Å². The van der Waals surface area contributed by atoms with Gasteiger partial charge in [0, 0.05) is 66.6 Å². The van der Waals surface area contributed by atoms with E-state index in [2.05, 4.69) is 15.0 Å². The number of ether oxygens (including phenoxy) is 1. The number of aryl methyl sites for hydroxylation is 2. The minimum atomic E-state index is -4.58. The average Bonchev–Trinajstić information content (AvgIpc) is 3.74. The number of nitrogens with two attached hydrogens (primary N) is 1. The highest BCUT2D eigenvalue weighted by Gasteiger charge is 2.34. The van der Waals surface area contributed by atoms with Gasteiger partial charge < -0.3 is 25.5 Å². The summed E-state index contributed by atoms with van der Waals surface area (Å²) in [5.74, 6) is -2.39. The molecule has 0 saturated heterocycles. The van der Waals surface area contributed by atoms with Crippen molar-refractivity contribution in [1.82, 2.24) is 24.7 Å². The topological polar surface area (TPSA) is 152 Å². The van der Waals surface area contributed by atoms with E-state index in [9.17, 15) is 22.8 Å². The maximum atomic E-state index is 16.7. The Hall–Kier alpha value is -5.02. The van der Waals surface area contributed by atoms with Gasteiger partial charge in [0.25, 0.3) is 0 Å². The number of benzene rings is 2. The van der Waals surface area contributed by atoms with E-state index >= 15 is 4.39 Å². The molecule has 0 saturated carbocycles. The molecule has 51 heavy (non-hydrogen) atoms. The molecule has 5 aromatic rings. The Morgan fingerprint density at radius 3 is 2.41 bits per heavy atom. The number of nitrogens with one attached hydrogen (secondary N) is 1. The molecule has 0 fully saturated rings. The fourth-order valence-corrected chi connectivity index (χ4v) is 6.33. The molecule has 270 valence electrons. The lowest BCUT2D eigenvalue weighted by atomic mass is 9.95. The van der Waals surface area contributed by atoms with Crippen LogP contribution in [0.2, 0.25) is 0 Å². The number of H-pyrrole nitrogens is 1. The second-order valence-corrected chi connectivity index (χ2v) is 12.1. The summed E-state index contributed by atoms with van der Waals surface area (Å²) in [6.45, 7) is 4.33. The second kappa shape index (κ2) is 15.1. The smallest absolute Gasteiger partial charge is 0.419 e. The molecule has 0 amide bonds.